The predicted octanol–water partition coefficient (Wildman–Crippen LogP) is -0.937. The van der Waals surface area contributed by atoms with E-state index in [0.717, 1.165) is 32.7 Å². The van der Waals surface area contributed by atoms with Gasteiger partial charge in [-0.3, -0.25) is 18.1 Å². The van der Waals surface area contributed by atoms with Crippen LogP contribution in [0.15, 0.2) is 0 Å². The molecule has 1 heterocycles. The summed E-state index contributed by atoms with van der Waals surface area (Å²) in [6.07, 6.45) is 0. The molecule has 14 heavy (non-hydrogen) atoms. The molecule has 82 valence electrons. The van der Waals surface area contributed by atoms with Crippen molar-refractivity contribution in [1.29, 1.82) is 0 Å². The van der Waals surface area contributed by atoms with E-state index < -0.39 is 0 Å². The molecule has 0 atom stereocenters. The standard InChI is InChI=1S/C8H16IN3O2/c9-10-8(14)7-12-3-1-11(2-4-12)5-6-13/h13H,1-7H2,(H,10,14). The number of amides is 1. The number of hydrogen-bond acceptors (Lipinski definition) is 4. The number of nitrogens with zero attached hydrogens (tertiary/aromatic N) is 2. The van der Waals surface area contributed by atoms with Crippen LogP contribution in [0.4, 0.5) is 0 Å². The summed E-state index contributed by atoms with van der Waals surface area (Å²) in [4.78, 5) is 15.4. The maximum absolute atomic E-state index is 11.1. The number of β-amino-alcohol motifs (C(OH)–C–C–N with tert-alkyl or cyclic N) is 1. The van der Waals surface area contributed by atoms with Crippen molar-refractivity contribution in [2.75, 3.05) is 45.9 Å². The Balaban J connectivity index is 2.18. The average molecular weight is 313 g/mol. The van der Waals surface area contributed by atoms with Crippen molar-refractivity contribution in [3.63, 3.8) is 0 Å². The Labute approximate surface area is 97.9 Å². The third kappa shape index (κ3) is 4.07. The molecule has 0 aromatic rings. The minimum Gasteiger partial charge on any atom is -0.395 e. The Bertz CT molecular complexity index is 183. The van der Waals surface area contributed by atoms with Crippen LogP contribution < -0.4 is 3.53 Å². The van der Waals surface area contributed by atoms with Crippen molar-refractivity contribution < 1.29 is 9.90 Å². The lowest BCUT2D eigenvalue weighted by Crippen LogP contribution is -2.49. The Kier molecular flexibility index (Phi) is 5.68. The first-order valence-electron chi connectivity index (χ1n) is 4.71. The molecule has 1 amide bonds. The molecule has 0 spiro atoms. The van der Waals surface area contributed by atoms with Crippen molar-refractivity contribution in [2.45, 2.75) is 0 Å². The Morgan fingerprint density at radius 1 is 1.29 bits per heavy atom. The highest BCUT2D eigenvalue weighted by Crippen LogP contribution is 2.00. The van der Waals surface area contributed by atoms with Gasteiger partial charge in [0.1, 0.15) is 0 Å². The van der Waals surface area contributed by atoms with E-state index >= 15 is 0 Å². The number of aliphatic hydroxyl groups is 1. The normalized spacial score (nSPS) is 19.6. The smallest absolute Gasteiger partial charge is 0.242 e. The van der Waals surface area contributed by atoms with Gasteiger partial charge in [-0.05, 0) is 0 Å². The van der Waals surface area contributed by atoms with Crippen molar-refractivity contribution in [2.24, 2.45) is 0 Å². The molecule has 1 aliphatic rings. The molecule has 1 fully saturated rings. The van der Waals surface area contributed by atoms with Gasteiger partial charge in [0.25, 0.3) is 0 Å². The molecule has 0 aromatic carbocycles. The van der Waals surface area contributed by atoms with E-state index in [1.807, 2.05) is 22.9 Å². The molecule has 0 bridgehead atoms. The molecule has 2 N–H and O–H groups in total. The Morgan fingerprint density at radius 2 is 1.86 bits per heavy atom. The highest BCUT2D eigenvalue weighted by atomic mass is 127. The van der Waals surface area contributed by atoms with Crippen LogP contribution in [0.1, 0.15) is 0 Å². The second-order valence-corrected chi connectivity index (χ2v) is 3.90. The quantitative estimate of drug-likeness (QED) is 0.520. The second kappa shape index (κ2) is 6.54. The lowest BCUT2D eigenvalue weighted by atomic mass is 10.3. The van der Waals surface area contributed by atoms with Gasteiger partial charge in [-0.1, -0.05) is 0 Å². The lowest BCUT2D eigenvalue weighted by Gasteiger charge is -2.33. The summed E-state index contributed by atoms with van der Waals surface area (Å²) in [6.45, 7) is 5.13. The molecule has 0 saturated carbocycles. The van der Waals surface area contributed by atoms with Crippen molar-refractivity contribution >= 4 is 28.8 Å². The lowest BCUT2D eigenvalue weighted by molar-refractivity contribution is -0.120. The summed E-state index contributed by atoms with van der Waals surface area (Å²) in [5.74, 6) is 0.0567. The van der Waals surface area contributed by atoms with Gasteiger partial charge in [-0.2, -0.15) is 0 Å². The maximum Gasteiger partial charge on any atom is 0.242 e. The Morgan fingerprint density at radius 3 is 2.36 bits per heavy atom. The second-order valence-electron chi connectivity index (χ2n) is 3.36. The molecule has 0 aliphatic carbocycles. The highest BCUT2D eigenvalue weighted by molar-refractivity contribution is 14.1. The molecule has 0 radical (unpaired) electrons. The largest absolute Gasteiger partial charge is 0.395 e. The number of piperazine rings is 1. The zero-order valence-corrected chi connectivity index (χ0v) is 10.2. The third-order valence-corrected chi connectivity index (χ3v) is 2.96. The van der Waals surface area contributed by atoms with E-state index in [1.165, 1.54) is 0 Å². The van der Waals surface area contributed by atoms with Gasteiger partial charge in [0, 0.05) is 32.7 Å². The van der Waals surface area contributed by atoms with Crippen LogP contribution in [-0.2, 0) is 4.79 Å². The fraction of sp³-hybridized carbons (Fsp3) is 0.875. The van der Waals surface area contributed by atoms with Gasteiger partial charge in [0.05, 0.1) is 36.0 Å². The van der Waals surface area contributed by atoms with E-state index in [-0.39, 0.29) is 12.5 Å². The van der Waals surface area contributed by atoms with Gasteiger partial charge in [0.2, 0.25) is 5.91 Å². The van der Waals surface area contributed by atoms with E-state index in [4.69, 9.17) is 5.11 Å². The molecule has 0 unspecified atom stereocenters. The number of rotatable bonds is 4. The third-order valence-electron chi connectivity index (χ3n) is 2.35. The zero-order chi connectivity index (χ0) is 10.4. The summed E-state index contributed by atoms with van der Waals surface area (Å²) < 4.78 is 2.58. The van der Waals surface area contributed by atoms with Gasteiger partial charge in [-0.25, -0.2) is 0 Å². The Hall–Kier alpha value is 0.0800. The fourth-order valence-corrected chi connectivity index (χ4v) is 1.72. The minimum absolute atomic E-state index is 0.0567. The van der Waals surface area contributed by atoms with Crippen LogP contribution in [0.2, 0.25) is 0 Å². The number of aliphatic hydroxyl groups excluding tert-OH is 1. The molecule has 5 nitrogen and oxygen atoms in total. The van der Waals surface area contributed by atoms with E-state index in [0.29, 0.717) is 6.54 Å². The SMILES string of the molecule is O=C(CN1CCN(CCO)CC1)NI. The summed E-state index contributed by atoms with van der Waals surface area (Å²) in [5, 5.41) is 8.75. The summed E-state index contributed by atoms with van der Waals surface area (Å²) in [5.41, 5.74) is 0. The van der Waals surface area contributed by atoms with Crippen LogP contribution in [-0.4, -0.2) is 66.7 Å². The van der Waals surface area contributed by atoms with E-state index in [1.54, 1.807) is 0 Å². The topological polar surface area (TPSA) is 55.8 Å². The van der Waals surface area contributed by atoms with Gasteiger partial charge in [-0.15, -0.1) is 0 Å². The van der Waals surface area contributed by atoms with Gasteiger partial charge in [0.15, 0.2) is 0 Å². The maximum atomic E-state index is 11.1. The van der Waals surface area contributed by atoms with Crippen molar-refractivity contribution in [3.8, 4) is 0 Å². The summed E-state index contributed by atoms with van der Waals surface area (Å²) in [6, 6.07) is 0. The minimum atomic E-state index is 0.0567. The first-order chi connectivity index (χ1) is 6.76. The van der Waals surface area contributed by atoms with Crippen LogP contribution in [0.25, 0.3) is 0 Å². The molecule has 1 aliphatic heterocycles. The van der Waals surface area contributed by atoms with Crippen LogP contribution in [0.3, 0.4) is 0 Å². The number of carbonyl (C=O) groups is 1. The number of hydrogen-bond donors (Lipinski definition) is 2. The van der Waals surface area contributed by atoms with Gasteiger partial charge < -0.3 is 5.11 Å². The van der Waals surface area contributed by atoms with Crippen LogP contribution in [0.5, 0.6) is 0 Å². The molecular weight excluding hydrogens is 297 g/mol. The number of carbonyl (C=O) groups excluding carboxylic acids is 1. The number of nitrogens with one attached hydrogen (secondary N) is 1. The van der Waals surface area contributed by atoms with Crippen molar-refractivity contribution in [3.05, 3.63) is 0 Å². The predicted molar refractivity (Wildman–Crippen MR) is 62.1 cm³/mol. The zero-order valence-electron chi connectivity index (χ0n) is 8.08. The summed E-state index contributed by atoms with van der Waals surface area (Å²) >= 11 is 1.86. The van der Waals surface area contributed by atoms with Crippen LogP contribution in [0, 0.1) is 0 Å². The molecule has 6 heteroatoms. The van der Waals surface area contributed by atoms with E-state index in [9.17, 15) is 4.79 Å². The van der Waals surface area contributed by atoms with Crippen LogP contribution >= 0.6 is 22.9 Å². The molecular formula is C8H16IN3O2. The number of halogens is 1. The molecule has 1 saturated heterocycles. The van der Waals surface area contributed by atoms with E-state index in [2.05, 4.69) is 13.3 Å². The first-order valence-corrected chi connectivity index (χ1v) is 5.79. The highest BCUT2D eigenvalue weighted by Gasteiger charge is 2.17. The first kappa shape index (κ1) is 12.2. The monoisotopic (exact) mass is 313 g/mol. The molecule has 1 rings (SSSR count). The summed E-state index contributed by atoms with van der Waals surface area (Å²) in [7, 11) is 0. The fourth-order valence-electron chi connectivity index (χ4n) is 1.55. The van der Waals surface area contributed by atoms with Crippen molar-refractivity contribution in [1.82, 2.24) is 13.3 Å². The average Bonchev–Trinajstić information content (AvgIpc) is 2.21. The molecule has 0 aromatic heterocycles. The van der Waals surface area contributed by atoms with Gasteiger partial charge >= 0.3 is 0 Å².